The first-order valence-corrected chi connectivity index (χ1v) is 29.9. The monoisotopic (exact) mass is 1300 g/mol. The maximum Gasteiger partial charge on any atom is 0.255 e. The summed E-state index contributed by atoms with van der Waals surface area (Å²) in [7, 11) is 4.03. The molecule has 32 heteroatoms. The fourth-order valence-corrected chi connectivity index (χ4v) is 9.61. The van der Waals surface area contributed by atoms with E-state index < -0.39 is 65.1 Å². The van der Waals surface area contributed by atoms with Gasteiger partial charge in [0.05, 0.1) is 74.3 Å². The fourth-order valence-electron chi connectivity index (χ4n) is 9.61. The van der Waals surface area contributed by atoms with Crippen molar-refractivity contribution in [2.45, 2.75) is 101 Å². The number of guanidine groups is 5. The summed E-state index contributed by atoms with van der Waals surface area (Å²) in [5.74, 6) is -5.01. The van der Waals surface area contributed by atoms with Crippen LogP contribution in [0.15, 0.2) is 97.8 Å². The van der Waals surface area contributed by atoms with Crippen LogP contribution in [0.5, 0.6) is 23.0 Å². The van der Waals surface area contributed by atoms with Gasteiger partial charge in [-0.2, -0.15) is 0 Å². The number of nitrogens with two attached hydrogens (primary N) is 12. The molecule has 27 N–H and O–H groups in total. The zero-order valence-electron chi connectivity index (χ0n) is 53.0. The van der Waals surface area contributed by atoms with E-state index >= 15 is 0 Å². The molecule has 4 rings (SSSR count). The number of nitrogens with one attached hydrogen (secondary N) is 3. The van der Waals surface area contributed by atoms with Crippen LogP contribution in [-0.2, 0) is 44.9 Å². The normalized spacial score (nSPS) is 12.0. The summed E-state index contributed by atoms with van der Waals surface area (Å²) in [5.41, 5.74) is 68.2. The number of Topliss-reactive ketones (excluding diaryl/α,β-unsaturated/α-hetero) is 4. The molecule has 0 aromatic heterocycles. The van der Waals surface area contributed by atoms with Crippen molar-refractivity contribution in [2.75, 3.05) is 60.7 Å². The first kappa shape index (κ1) is 75.4. The lowest BCUT2D eigenvalue weighted by Gasteiger charge is -2.21. The van der Waals surface area contributed by atoms with Crippen LogP contribution in [-0.4, -0.2) is 161 Å². The molecule has 508 valence electrons. The molecule has 94 heavy (non-hydrogen) atoms. The van der Waals surface area contributed by atoms with Crippen molar-refractivity contribution < 1.29 is 57.3 Å². The van der Waals surface area contributed by atoms with E-state index in [1.165, 1.54) is 69.9 Å². The topological polar surface area (TPSA) is 584 Å². The highest BCUT2D eigenvalue weighted by Gasteiger charge is 2.29. The molecular formula is C62H88N20O12. The smallest absolute Gasteiger partial charge is 0.255 e. The van der Waals surface area contributed by atoms with E-state index in [1.54, 1.807) is 24.3 Å². The summed E-state index contributed by atoms with van der Waals surface area (Å²) in [6.45, 7) is 0.747. The molecule has 0 saturated heterocycles. The van der Waals surface area contributed by atoms with Gasteiger partial charge in [0.1, 0.15) is 29.6 Å². The molecule has 4 amide bonds. The minimum atomic E-state index is -1.19. The number of benzene rings is 4. The molecule has 4 aromatic carbocycles. The Morgan fingerprint density at radius 1 is 0.372 bits per heavy atom. The first-order valence-electron chi connectivity index (χ1n) is 29.9. The van der Waals surface area contributed by atoms with Crippen LogP contribution in [0.25, 0.3) is 0 Å². The highest BCUT2D eigenvalue weighted by atomic mass is 16.5. The van der Waals surface area contributed by atoms with Crippen LogP contribution in [0.1, 0.15) is 115 Å². The molecule has 0 aliphatic carbocycles. The van der Waals surface area contributed by atoms with Crippen LogP contribution >= 0.6 is 0 Å². The zero-order valence-corrected chi connectivity index (χ0v) is 53.0. The Labute approximate surface area is 543 Å². The fraction of sp³-hybridized carbons (Fsp3) is 0.403. The van der Waals surface area contributed by atoms with Crippen LogP contribution in [0, 0.1) is 0 Å². The summed E-state index contributed by atoms with van der Waals surface area (Å²) >= 11 is 0. The Kier molecular flexibility index (Phi) is 31.0. The van der Waals surface area contributed by atoms with Gasteiger partial charge in [-0.05, 0) is 122 Å². The van der Waals surface area contributed by atoms with E-state index in [2.05, 4.69) is 40.9 Å². The average Bonchev–Trinajstić information content (AvgIpc) is 0.855. The maximum absolute atomic E-state index is 14.5. The minimum Gasteiger partial charge on any atom is -0.496 e. The number of rotatable bonds is 42. The van der Waals surface area contributed by atoms with Gasteiger partial charge in [-0.15, -0.1) is 0 Å². The zero-order chi connectivity index (χ0) is 69.4. The van der Waals surface area contributed by atoms with E-state index in [-0.39, 0.29) is 178 Å². The van der Waals surface area contributed by atoms with Crippen LogP contribution < -0.4 is 104 Å². The standard InChI is InChI=1S/C62H88N20O12/c1-91-50-16-12-35(30-46(83)42(63)8-4-20-75-58(65)66)27-39(50)55(88)81-44(10-6-22-77-60(69)70)48(85)32-37-14-18-52(93-3)41(29-37)57(90)82-45(11-7-23-78-61(71)72)49(86)33-36-13-17-51(92-2)40(28-36)56(89)80-43(9-5-21-76-59(67)68)47(84)31-34-15-19-53(38(26-34)54(64)87)94-25-24-79-62(73)74/h12-19,26-29,42-45H,4-11,20-25,30-33,63H2,1-3H3,(H2,64,87)(H,80,89)(H,81,88)(H,82,90)(H4,65,66,75)(H4,67,68,76)(H4,69,70,77)(H4,71,72,78)(H4,73,74,79)/t42-,43-,44-,45-/m1/s1. The van der Waals surface area contributed by atoms with Crippen molar-refractivity contribution in [1.29, 1.82) is 0 Å². The molecule has 0 spiro atoms. The van der Waals surface area contributed by atoms with Gasteiger partial charge < -0.3 is 104 Å². The van der Waals surface area contributed by atoms with Crippen molar-refractivity contribution in [3.05, 3.63) is 117 Å². The van der Waals surface area contributed by atoms with Gasteiger partial charge in [-0.1, -0.05) is 24.3 Å². The van der Waals surface area contributed by atoms with E-state index in [1.807, 2.05) is 0 Å². The van der Waals surface area contributed by atoms with Crippen molar-refractivity contribution >= 4 is 76.6 Å². The number of primary amides is 1. The van der Waals surface area contributed by atoms with Crippen molar-refractivity contribution in [1.82, 2.24) is 16.0 Å². The van der Waals surface area contributed by atoms with Gasteiger partial charge >= 0.3 is 0 Å². The molecule has 0 heterocycles. The maximum atomic E-state index is 14.5. The average molecular weight is 1310 g/mol. The number of carbonyl (C=O) groups is 8. The lowest BCUT2D eigenvalue weighted by Crippen LogP contribution is -2.42. The van der Waals surface area contributed by atoms with Gasteiger partial charge in [0.15, 0.2) is 52.9 Å². The largest absolute Gasteiger partial charge is 0.496 e. The molecule has 4 aromatic rings. The Hall–Kier alpha value is -11.1. The number of hydrogen-bond acceptors (Lipinski definition) is 18. The second-order valence-corrected chi connectivity index (χ2v) is 21.5. The third-order valence-corrected chi connectivity index (χ3v) is 14.3. The Bertz CT molecular complexity index is 3460. The summed E-state index contributed by atoms with van der Waals surface area (Å²) in [6, 6.07) is 13.7. The summed E-state index contributed by atoms with van der Waals surface area (Å²) < 4.78 is 22.3. The van der Waals surface area contributed by atoms with E-state index in [4.69, 9.17) is 87.8 Å². The number of aliphatic imine (C=N–C) groups is 5. The van der Waals surface area contributed by atoms with Crippen molar-refractivity contribution in [3.8, 4) is 23.0 Å². The number of carbonyl (C=O) groups excluding carboxylic acids is 8. The number of ketones is 4. The Balaban J connectivity index is 1.60. The van der Waals surface area contributed by atoms with Gasteiger partial charge in [-0.25, -0.2) is 0 Å². The lowest BCUT2D eigenvalue weighted by molar-refractivity contribution is -0.121. The number of amides is 4. The molecule has 0 unspecified atom stereocenters. The minimum absolute atomic E-state index is 0.0103. The lowest BCUT2D eigenvalue weighted by atomic mass is 9.96. The molecule has 32 nitrogen and oxygen atoms in total. The summed E-state index contributed by atoms with van der Waals surface area (Å²) in [5, 5.41) is 8.42. The first-order chi connectivity index (χ1) is 44.7. The SMILES string of the molecule is COc1ccc(CC(=O)[C@H](N)CCCN=C(N)N)cc1C(=O)N[C@H](CCCN=C(N)N)C(=O)Cc1ccc(OC)c(C(=O)N[C@H](CCCN=C(N)N)C(=O)Cc2ccc(OC)c(C(=O)N[C@H](CCCN=C(N)N)C(=O)Cc3ccc(OCCN=C(N)N)c(C(N)=O)c3)c2)c1. The van der Waals surface area contributed by atoms with Gasteiger partial charge in [0.2, 0.25) is 0 Å². The predicted molar refractivity (Wildman–Crippen MR) is 356 cm³/mol. The van der Waals surface area contributed by atoms with Gasteiger partial charge in [0, 0.05) is 51.9 Å². The highest BCUT2D eigenvalue weighted by Crippen LogP contribution is 2.27. The van der Waals surface area contributed by atoms with E-state index in [0.29, 0.717) is 41.6 Å². The second-order valence-electron chi connectivity index (χ2n) is 21.5. The molecule has 0 aliphatic heterocycles. The molecule has 0 fully saturated rings. The van der Waals surface area contributed by atoms with Crippen LogP contribution in [0.3, 0.4) is 0 Å². The van der Waals surface area contributed by atoms with Crippen molar-refractivity contribution in [2.24, 2.45) is 93.8 Å². The van der Waals surface area contributed by atoms with E-state index in [0.717, 1.165) is 0 Å². The Morgan fingerprint density at radius 3 is 0.947 bits per heavy atom. The second kappa shape index (κ2) is 38.6. The highest BCUT2D eigenvalue weighted by molar-refractivity contribution is 6.04. The van der Waals surface area contributed by atoms with Crippen LogP contribution in [0.4, 0.5) is 0 Å². The summed E-state index contributed by atoms with van der Waals surface area (Å²) in [6.07, 6.45) is 0.689. The molecule has 0 bridgehead atoms. The number of ether oxygens (including phenoxy) is 4. The van der Waals surface area contributed by atoms with E-state index in [9.17, 15) is 38.4 Å². The molecule has 0 aliphatic rings. The van der Waals surface area contributed by atoms with Crippen LogP contribution in [0.2, 0.25) is 0 Å². The number of methoxy groups -OCH3 is 3. The predicted octanol–water partition coefficient (Wildman–Crippen LogP) is -2.15. The number of hydrogen-bond donors (Lipinski definition) is 15. The molecule has 4 atom stereocenters. The third-order valence-electron chi connectivity index (χ3n) is 14.3. The molecular weight excluding hydrogens is 1220 g/mol. The van der Waals surface area contributed by atoms with Gasteiger partial charge in [0.25, 0.3) is 23.6 Å². The molecule has 0 saturated carbocycles. The van der Waals surface area contributed by atoms with Crippen molar-refractivity contribution in [3.63, 3.8) is 0 Å². The third kappa shape index (κ3) is 25.7. The quantitative estimate of drug-likeness (QED) is 0.0128. The summed E-state index contributed by atoms with van der Waals surface area (Å²) in [4.78, 5) is 131. The number of nitrogens with zero attached hydrogens (tertiary/aromatic N) is 5. The van der Waals surface area contributed by atoms with Gasteiger partial charge in [-0.3, -0.25) is 63.3 Å². The molecule has 0 radical (unpaired) electrons. The Morgan fingerprint density at radius 2 is 0.649 bits per heavy atom.